The van der Waals surface area contributed by atoms with Gasteiger partial charge in [-0.3, -0.25) is 19.3 Å². The van der Waals surface area contributed by atoms with Crippen LogP contribution >= 0.6 is 11.8 Å². The molecular formula is C26H28N4O7S. The Kier molecular flexibility index (Phi) is 8.20. The molecule has 2 aromatic rings. The zero-order valence-corrected chi connectivity index (χ0v) is 21.4. The number of fused-ring (bicyclic) bond motifs is 1. The number of aromatic nitrogens is 1. The van der Waals surface area contributed by atoms with Gasteiger partial charge in [0.25, 0.3) is 11.8 Å². The van der Waals surface area contributed by atoms with Crippen LogP contribution in [-0.4, -0.2) is 72.6 Å². The van der Waals surface area contributed by atoms with E-state index in [1.165, 1.54) is 16.7 Å². The third kappa shape index (κ3) is 5.75. The highest BCUT2D eigenvalue weighted by Crippen LogP contribution is 2.41. The molecule has 0 saturated carbocycles. The van der Waals surface area contributed by atoms with E-state index in [9.17, 15) is 34.2 Å². The lowest BCUT2D eigenvalue weighted by Crippen LogP contribution is -2.70. The number of nitrogens with one attached hydrogen (secondary N) is 2. The fourth-order valence-electron chi connectivity index (χ4n) is 4.52. The quantitative estimate of drug-likeness (QED) is 0.311. The number of rotatable bonds is 11. The van der Waals surface area contributed by atoms with E-state index in [0.717, 1.165) is 5.69 Å². The summed E-state index contributed by atoms with van der Waals surface area (Å²) in [5, 5.41) is 23.9. The second-order valence-electron chi connectivity index (χ2n) is 9.12. The maximum Gasteiger partial charge on any atom is 0.352 e. The van der Waals surface area contributed by atoms with E-state index in [2.05, 4.69) is 10.6 Å². The van der Waals surface area contributed by atoms with Gasteiger partial charge in [-0.25, -0.2) is 9.59 Å². The molecule has 2 aliphatic rings. The summed E-state index contributed by atoms with van der Waals surface area (Å²) in [5.74, 6) is -3.44. The zero-order chi connectivity index (χ0) is 27.4. The molecule has 1 saturated heterocycles. The van der Waals surface area contributed by atoms with Crippen LogP contribution in [0.1, 0.15) is 35.3 Å². The number of carboxylic acids is 2. The molecule has 3 atom stereocenters. The van der Waals surface area contributed by atoms with Gasteiger partial charge in [0.2, 0.25) is 5.91 Å². The highest BCUT2D eigenvalue weighted by Gasteiger charge is 2.54. The summed E-state index contributed by atoms with van der Waals surface area (Å²) in [4.78, 5) is 62.5. The lowest BCUT2D eigenvalue weighted by atomic mass is 10.00. The smallest absolute Gasteiger partial charge is 0.352 e. The van der Waals surface area contributed by atoms with Crippen LogP contribution in [0.2, 0.25) is 0 Å². The number of carboxylic acid groups (broad SMARTS) is 2. The Balaban J connectivity index is 1.31. The van der Waals surface area contributed by atoms with E-state index in [1.807, 2.05) is 29.9 Å². The maximum atomic E-state index is 12.9. The molecule has 1 aromatic carbocycles. The number of hydrogen-bond acceptors (Lipinski definition) is 6. The van der Waals surface area contributed by atoms with Crippen molar-refractivity contribution in [3.8, 4) is 0 Å². The van der Waals surface area contributed by atoms with Crippen molar-refractivity contribution in [3.05, 3.63) is 71.2 Å². The summed E-state index contributed by atoms with van der Waals surface area (Å²) in [5.41, 5.74) is 1.85. The molecule has 1 unspecified atom stereocenters. The molecule has 0 aliphatic carbocycles. The molecule has 38 heavy (non-hydrogen) atoms. The van der Waals surface area contributed by atoms with Crippen LogP contribution in [0.3, 0.4) is 0 Å². The lowest BCUT2D eigenvalue weighted by molar-refractivity contribution is -0.150. The van der Waals surface area contributed by atoms with Gasteiger partial charge in [0.15, 0.2) is 0 Å². The van der Waals surface area contributed by atoms with Gasteiger partial charge in [-0.2, -0.15) is 0 Å². The van der Waals surface area contributed by atoms with Crippen molar-refractivity contribution < 1.29 is 34.2 Å². The summed E-state index contributed by atoms with van der Waals surface area (Å²) in [6.07, 6.45) is 2.41. The van der Waals surface area contributed by atoms with Crippen LogP contribution in [0.25, 0.3) is 0 Å². The molecular weight excluding hydrogens is 512 g/mol. The van der Waals surface area contributed by atoms with Crippen molar-refractivity contribution in [2.24, 2.45) is 7.05 Å². The van der Waals surface area contributed by atoms with Crippen LogP contribution in [0.15, 0.2) is 59.9 Å². The van der Waals surface area contributed by atoms with E-state index >= 15 is 0 Å². The maximum absolute atomic E-state index is 12.9. The van der Waals surface area contributed by atoms with Gasteiger partial charge in [0.05, 0.1) is 0 Å². The first-order chi connectivity index (χ1) is 18.2. The average molecular weight is 541 g/mol. The Bertz CT molecular complexity index is 1290. The minimum Gasteiger partial charge on any atom is -0.480 e. The molecule has 0 spiro atoms. The molecule has 3 amide bonds. The number of aliphatic carboxylic acids is 2. The molecule has 11 nitrogen and oxygen atoms in total. The number of nitrogens with zero attached hydrogens (tertiary/aromatic N) is 2. The summed E-state index contributed by atoms with van der Waals surface area (Å²) in [6, 6.07) is 9.95. The number of thioether (sulfide) groups is 1. The van der Waals surface area contributed by atoms with E-state index in [0.29, 0.717) is 23.3 Å². The average Bonchev–Trinajstić information content (AvgIpc) is 3.30. The first-order valence-electron chi connectivity index (χ1n) is 12.1. The Labute approximate surface area is 222 Å². The number of benzene rings is 1. The third-order valence-electron chi connectivity index (χ3n) is 6.55. The van der Waals surface area contributed by atoms with Crippen molar-refractivity contribution in [1.29, 1.82) is 0 Å². The largest absolute Gasteiger partial charge is 0.480 e. The first kappa shape index (κ1) is 27.0. The van der Waals surface area contributed by atoms with Crippen LogP contribution in [0.5, 0.6) is 0 Å². The second kappa shape index (κ2) is 11.5. The summed E-state index contributed by atoms with van der Waals surface area (Å²) >= 11 is 1.40. The lowest BCUT2D eigenvalue weighted by Gasteiger charge is -2.49. The Morgan fingerprint density at radius 2 is 1.84 bits per heavy atom. The second-order valence-corrected chi connectivity index (χ2v) is 10.2. The molecule has 200 valence electrons. The van der Waals surface area contributed by atoms with E-state index < -0.39 is 47.1 Å². The molecule has 4 rings (SSSR count). The molecule has 1 aromatic heterocycles. The topological polar surface area (TPSA) is 158 Å². The van der Waals surface area contributed by atoms with Crippen molar-refractivity contribution in [3.63, 3.8) is 0 Å². The van der Waals surface area contributed by atoms with Gasteiger partial charge in [-0.05, 0) is 42.7 Å². The predicted octanol–water partition coefficient (Wildman–Crippen LogP) is 1.36. The van der Waals surface area contributed by atoms with Crippen molar-refractivity contribution in [2.75, 3.05) is 5.75 Å². The zero-order valence-electron chi connectivity index (χ0n) is 20.6. The third-order valence-corrected chi connectivity index (χ3v) is 7.89. The minimum atomic E-state index is -1.21. The van der Waals surface area contributed by atoms with Gasteiger partial charge in [-0.1, -0.05) is 18.2 Å². The van der Waals surface area contributed by atoms with Crippen molar-refractivity contribution in [1.82, 2.24) is 20.1 Å². The molecule has 0 radical (unpaired) electrons. The highest BCUT2D eigenvalue weighted by molar-refractivity contribution is 8.00. The highest BCUT2D eigenvalue weighted by atomic mass is 32.2. The molecule has 12 heteroatoms. The van der Waals surface area contributed by atoms with Crippen LogP contribution in [0, 0.1) is 0 Å². The molecule has 4 N–H and O–H groups in total. The van der Waals surface area contributed by atoms with Gasteiger partial charge in [0.1, 0.15) is 23.2 Å². The molecule has 0 bridgehead atoms. The molecule has 2 aliphatic heterocycles. The van der Waals surface area contributed by atoms with Gasteiger partial charge >= 0.3 is 11.9 Å². The molecule has 1 fully saturated rings. The van der Waals surface area contributed by atoms with Gasteiger partial charge < -0.3 is 25.4 Å². The predicted molar refractivity (Wildman–Crippen MR) is 138 cm³/mol. The first-order valence-corrected chi connectivity index (χ1v) is 13.1. The summed E-state index contributed by atoms with van der Waals surface area (Å²) in [6.45, 7) is 0. The number of β-lactam (4-membered cyclic amide) rings is 1. The number of amides is 3. The van der Waals surface area contributed by atoms with Crippen molar-refractivity contribution in [2.45, 2.75) is 43.1 Å². The van der Waals surface area contributed by atoms with Crippen LogP contribution in [0.4, 0.5) is 0 Å². The Hall–Kier alpha value is -4.06. The van der Waals surface area contributed by atoms with Crippen LogP contribution < -0.4 is 10.6 Å². The number of hydrogen-bond donors (Lipinski definition) is 4. The summed E-state index contributed by atoms with van der Waals surface area (Å²) in [7, 11) is 1.87. The SMILES string of the molecule is Cn1cccc1CC1=C(C(=O)O)N2C(=O)[C@@H](NC(=O)CCCC(NC(=O)c3ccccc3)C(=O)O)[C@@H]2SC1. The fraction of sp³-hybridized carbons (Fsp3) is 0.346. The fourth-order valence-corrected chi connectivity index (χ4v) is 5.86. The normalized spacial score (nSPS) is 19.3. The number of carbonyl (C=O) groups excluding carboxylic acids is 3. The standard InChI is InChI=1S/C26H28N4O7S/c1-29-12-6-9-17(29)13-16-14-38-24-20(23(33)30(24)21(16)26(36)37)28-19(31)11-5-10-18(25(34)35)27-22(32)15-7-3-2-4-8-15/h2-4,6-9,12,18,20,24H,5,10-11,13-14H2,1H3,(H,27,32)(H,28,31)(H,34,35)(H,36,37)/t18?,20-,24+/m1/s1. The van der Waals surface area contributed by atoms with Crippen molar-refractivity contribution >= 4 is 41.4 Å². The Morgan fingerprint density at radius 3 is 2.47 bits per heavy atom. The number of aryl methyl sites for hydroxylation is 1. The van der Waals surface area contributed by atoms with Crippen LogP contribution in [-0.2, 0) is 32.6 Å². The summed E-state index contributed by atoms with van der Waals surface area (Å²) < 4.78 is 1.90. The van der Waals surface area contributed by atoms with Gasteiger partial charge in [0, 0.05) is 43.1 Å². The van der Waals surface area contributed by atoms with E-state index in [4.69, 9.17) is 0 Å². The van der Waals surface area contributed by atoms with Gasteiger partial charge in [-0.15, -0.1) is 11.8 Å². The molecule has 3 heterocycles. The monoisotopic (exact) mass is 540 g/mol. The Morgan fingerprint density at radius 1 is 1.11 bits per heavy atom. The van der Waals surface area contributed by atoms with E-state index in [-0.39, 0.29) is 25.0 Å². The minimum absolute atomic E-state index is 0.0264. The van der Waals surface area contributed by atoms with E-state index in [1.54, 1.807) is 30.3 Å². The number of carbonyl (C=O) groups is 5.